The molecule has 4 rings (SSSR count). The molecular formula is C17H13N5O4. The van der Waals surface area contributed by atoms with Gasteiger partial charge in [0.1, 0.15) is 5.76 Å². The van der Waals surface area contributed by atoms with Crippen LogP contribution in [0.4, 0.5) is 0 Å². The van der Waals surface area contributed by atoms with Crippen LogP contribution in [-0.4, -0.2) is 29.8 Å². The molecule has 2 aliphatic rings. The molecule has 2 aliphatic heterocycles. The van der Waals surface area contributed by atoms with E-state index in [4.69, 9.17) is 9.52 Å². The third-order valence-electron chi connectivity index (χ3n) is 3.96. The predicted octanol–water partition coefficient (Wildman–Crippen LogP) is 0.783. The SMILES string of the molecule is Cn1c(=O)nc2[nH]nc(-c3ccc(-c4ccc(CO)cc4)o3)nc-2c1=O. The summed E-state index contributed by atoms with van der Waals surface area (Å²) in [6.45, 7) is -0.0292. The minimum absolute atomic E-state index is 0.00217. The Balaban J connectivity index is 1.77. The first-order valence-corrected chi connectivity index (χ1v) is 7.70. The summed E-state index contributed by atoms with van der Waals surface area (Å²) in [5.41, 5.74) is 0.385. The molecule has 2 N–H and O–H groups in total. The number of nitrogens with zero attached hydrogens (tertiary/aromatic N) is 4. The third-order valence-corrected chi connectivity index (χ3v) is 3.96. The van der Waals surface area contributed by atoms with E-state index in [0.29, 0.717) is 11.5 Å². The van der Waals surface area contributed by atoms with Crippen LogP contribution >= 0.6 is 0 Å². The van der Waals surface area contributed by atoms with Gasteiger partial charge in [0, 0.05) is 12.6 Å². The number of fused-ring (bicyclic) bond motifs is 1. The Morgan fingerprint density at radius 2 is 1.81 bits per heavy atom. The van der Waals surface area contributed by atoms with Crippen LogP contribution in [0.1, 0.15) is 5.56 Å². The van der Waals surface area contributed by atoms with Gasteiger partial charge in [-0.05, 0) is 17.7 Å². The van der Waals surface area contributed by atoms with Gasteiger partial charge >= 0.3 is 5.69 Å². The second kappa shape index (κ2) is 6.05. The van der Waals surface area contributed by atoms with E-state index in [1.165, 1.54) is 7.05 Å². The Morgan fingerprint density at radius 3 is 2.54 bits per heavy atom. The fraction of sp³-hybridized carbons (Fsp3) is 0.118. The van der Waals surface area contributed by atoms with Crippen molar-refractivity contribution in [1.29, 1.82) is 0 Å². The standard InChI is InChI=1S/C17H13N5O4/c1-22-16(24)13-15(19-17(22)25)21-20-14(18-13)12-7-6-11(26-12)10-4-2-9(8-23)3-5-10/h2-7,23H,8H2,1H3,(H,19,21,25). The van der Waals surface area contributed by atoms with Crippen LogP contribution < -0.4 is 11.2 Å². The summed E-state index contributed by atoms with van der Waals surface area (Å²) < 4.78 is 6.65. The number of aliphatic hydroxyl groups excluding tert-OH is 1. The minimum Gasteiger partial charge on any atom is -0.453 e. The van der Waals surface area contributed by atoms with Crippen molar-refractivity contribution >= 4 is 0 Å². The molecule has 3 heterocycles. The summed E-state index contributed by atoms with van der Waals surface area (Å²) in [7, 11) is 1.33. The van der Waals surface area contributed by atoms with E-state index in [1.54, 1.807) is 24.3 Å². The number of aromatic nitrogens is 5. The molecule has 0 fully saturated rings. The van der Waals surface area contributed by atoms with Gasteiger partial charge in [-0.3, -0.25) is 14.5 Å². The lowest BCUT2D eigenvalue weighted by atomic mass is 10.1. The maximum absolute atomic E-state index is 12.2. The topological polar surface area (TPSA) is 127 Å². The minimum atomic E-state index is -0.679. The second-order valence-corrected chi connectivity index (χ2v) is 5.63. The Bertz CT molecular complexity index is 1170. The first kappa shape index (κ1) is 15.9. The molecule has 9 heteroatoms. The Morgan fingerprint density at radius 1 is 1.08 bits per heavy atom. The van der Waals surface area contributed by atoms with Crippen molar-refractivity contribution in [2.24, 2.45) is 7.05 Å². The van der Waals surface area contributed by atoms with Crippen LogP contribution in [0.5, 0.6) is 0 Å². The van der Waals surface area contributed by atoms with Gasteiger partial charge in [0.2, 0.25) is 5.82 Å². The van der Waals surface area contributed by atoms with E-state index in [-0.39, 0.29) is 23.9 Å². The quantitative estimate of drug-likeness (QED) is 0.558. The van der Waals surface area contributed by atoms with Gasteiger partial charge in [0.25, 0.3) is 5.56 Å². The molecule has 0 saturated heterocycles. The van der Waals surface area contributed by atoms with Gasteiger partial charge < -0.3 is 9.52 Å². The number of aromatic amines is 1. The summed E-state index contributed by atoms with van der Waals surface area (Å²) in [5.74, 6) is 1.15. The average molecular weight is 351 g/mol. The van der Waals surface area contributed by atoms with E-state index < -0.39 is 11.2 Å². The zero-order valence-corrected chi connectivity index (χ0v) is 13.6. The van der Waals surface area contributed by atoms with E-state index in [2.05, 4.69) is 20.2 Å². The van der Waals surface area contributed by atoms with Crippen molar-refractivity contribution in [1.82, 2.24) is 24.7 Å². The number of aliphatic hydroxyl groups is 1. The van der Waals surface area contributed by atoms with Crippen LogP contribution in [0.25, 0.3) is 34.4 Å². The number of nitrogens with one attached hydrogen (secondary N) is 1. The van der Waals surface area contributed by atoms with Crippen LogP contribution in [0.2, 0.25) is 0 Å². The number of benzene rings is 1. The molecule has 0 amide bonds. The Labute approximate surface area is 145 Å². The number of rotatable bonds is 3. The zero-order valence-electron chi connectivity index (χ0n) is 13.6. The van der Waals surface area contributed by atoms with Crippen molar-refractivity contribution in [2.45, 2.75) is 6.61 Å². The highest BCUT2D eigenvalue weighted by atomic mass is 16.3. The molecule has 0 aliphatic carbocycles. The summed E-state index contributed by atoms with van der Waals surface area (Å²) >= 11 is 0. The molecule has 26 heavy (non-hydrogen) atoms. The monoisotopic (exact) mass is 351 g/mol. The van der Waals surface area contributed by atoms with Gasteiger partial charge in [0.15, 0.2) is 17.3 Å². The van der Waals surface area contributed by atoms with Crippen molar-refractivity contribution in [3.05, 3.63) is 62.8 Å². The van der Waals surface area contributed by atoms with Crippen LogP contribution in [0.15, 0.2) is 50.4 Å². The van der Waals surface area contributed by atoms with E-state index >= 15 is 0 Å². The van der Waals surface area contributed by atoms with Crippen LogP contribution in [0.3, 0.4) is 0 Å². The Hall–Kier alpha value is -3.59. The van der Waals surface area contributed by atoms with Crippen molar-refractivity contribution in [2.75, 3.05) is 0 Å². The molecule has 0 atom stereocenters. The fourth-order valence-electron chi connectivity index (χ4n) is 2.48. The highest BCUT2D eigenvalue weighted by molar-refractivity contribution is 5.62. The molecule has 2 aromatic rings. The predicted molar refractivity (Wildman–Crippen MR) is 91.4 cm³/mol. The number of hydrogen-bond donors (Lipinski definition) is 2. The number of H-pyrrole nitrogens is 1. The van der Waals surface area contributed by atoms with Gasteiger partial charge in [-0.15, -0.1) is 5.10 Å². The smallest absolute Gasteiger partial charge is 0.352 e. The lowest BCUT2D eigenvalue weighted by molar-refractivity contribution is 0.282. The number of hydrogen-bond acceptors (Lipinski definition) is 7. The van der Waals surface area contributed by atoms with Crippen LogP contribution in [-0.2, 0) is 13.7 Å². The fourth-order valence-corrected chi connectivity index (χ4v) is 2.48. The first-order valence-electron chi connectivity index (χ1n) is 7.70. The van der Waals surface area contributed by atoms with Gasteiger partial charge in [-0.2, -0.15) is 4.98 Å². The lowest BCUT2D eigenvalue weighted by Crippen LogP contribution is -2.35. The van der Waals surface area contributed by atoms with Gasteiger partial charge in [0.05, 0.1) is 6.61 Å². The normalized spacial score (nSPS) is 11.2. The highest BCUT2D eigenvalue weighted by Crippen LogP contribution is 2.27. The van der Waals surface area contributed by atoms with Crippen LogP contribution in [0, 0.1) is 0 Å². The van der Waals surface area contributed by atoms with Crippen molar-refractivity contribution < 1.29 is 9.52 Å². The lowest BCUT2D eigenvalue weighted by Gasteiger charge is -2.05. The third kappa shape index (κ3) is 2.60. The molecule has 0 bridgehead atoms. The maximum atomic E-state index is 12.2. The maximum Gasteiger partial charge on any atom is 0.352 e. The van der Waals surface area contributed by atoms with E-state index in [1.807, 2.05) is 12.1 Å². The summed E-state index contributed by atoms with van der Waals surface area (Å²) in [6.07, 6.45) is 0. The Kier molecular flexibility index (Phi) is 3.70. The average Bonchev–Trinajstić information content (AvgIpc) is 3.16. The molecule has 0 spiro atoms. The first-order chi connectivity index (χ1) is 12.6. The van der Waals surface area contributed by atoms with Gasteiger partial charge in [-0.1, -0.05) is 24.3 Å². The van der Waals surface area contributed by atoms with E-state index in [9.17, 15) is 9.59 Å². The molecule has 0 unspecified atom stereocenters. The highest BCUT2D eigenvalue weighted by Gasteiger charge is 2.18. The number of furan rings is 1. The zero-order chi connectivity index (χ0) is 18.3. The summed E-state index contributed by atoms with van der Waals surface area (Å²) in [6, 6.07) is 10.7. The molecule has 9 nitrogen and oxygen atoms in total. The molecule has 0 radical (unpaired) electrons. The van der Waals surface area contributed by atoms with E-state index in [0.717, 1.165) is 15.7 Å². The summed E-state index contributed by atoms with van der Waals surface area (Å²) in [4.78, 5) is 31.6. The largest absolute Gasteiger partial charge is 0.453 e. The summed E-state index contributed by atoms with van der Waals surface area (Å²) in [5, 5.41) is 15.7. The molecule has 130 valence electrons. The van der Waals surface area contributed by atoms with Crippen molar-refractivity contribution in [3.8, 4) is 34.4 Å². The molecular weight excluding hydrogens is 338 g/mol. The van der Waals surface area contributed by atoms with Crippen molar-refractivity contribution in [3.63, 3.8) is 0 Å². The molecule has 1 aromatic heterocycles. The second-order valence-electron chi connectivity index (χ2n) is 5.63. The molecule has 0 saturated carbocycles. The van der Waals surface area contributed by atoms with Gasteiger partial charge in [-0.25, -0.2) is 9.78 Å². The molecule has 1 aromatic carbocycles.